The van der Waals surface area contributed by atoms with Crippen LogP contribution in [-0.4, -0.2) is 20.3 Å². The molecule has 0 radical (unpaired) electrons. The summed E-state index contributed by atoms with van der Waals surface area (Å²) in [5.41, 5.74) is 1.28. The summed E-state index contributed by atoms with van der Waals surface area (Å²) in [4.78, 5) is 1.86. The normalized spacial score (nSPS) is 10.5. The Bertz CT molecular complexity index is 379. The Morgan fingerprint density at radius 3 is 2.00 bits per heavy atom. The van der Waals surface area contributed by atoms with Gasteiger partial charge in [0.2, 0.25) is 0 Å². The summed E-state index contributed by atoms with van der Waals surface area (Å²) in [7, 11) is 3.72. The smallest absolute Gasteiger partial charge is 0.378 e. The van der Waals surface area contributed by atoms with Gasteiger partial charge in [0, 0.05) is 31.3 Å². The van der Waals surface area contributed by atoms with Gasteiger partial charge in [0.05, 0.1) is 0 Å². The highest BCUT2D eigenvalue weighted by molar-refractivity contribution is 5.49. The van der Waals surface area contributed by atoms with Crippen molar-refractivity contribution in [3.8, 4) is 11.8 Å². The van der Waals surface area contributed by atoms with Crippen molar-refractivity contribution in [2.45, 2.75) is 6.18 Å². The molecule has 0 aliphatic rings. The van der Waals surface area contributed by atoms with Crippen molar-refractivity contribution >= 4 is 5.69 Å². The van der Waals surface area contributed by atoms with Gasteiger partial charge in [0.15, 0.2) is 0 Å². The van der Waals surface area contributed by atoms with Crippen molar-refractivity contribution in [3.05, 3.63) is 29.8 Å². The summed E-state index contributed by atoms with van der Waals surface area (Å²) in [5, 5.41) is 0. The van der Waals surface area contributed by atoms with Crippen LogP contribution in [0.5, 0.6) is 0 Å². The van der Waals surface area contributed by atoms with Crippen LogP contribution in [0.25, 0.3) is 0 Å². The lowest BCUT2D eigenvalue weighted by atomic mass is 10.2. The molecule has 4 heteroatoms. The Morgan fingerprint density at radius 2 is 1.60 bits per heavy atom. The molecule has 0 saturated carbocycles. The van der Waals surface area contributed by atoms with Crippen molar-refractivity contribution in [2.24, 2.45) is 0 Å². The number of halogens is 3. The van der Waals surface area contributed by atoms with Crippen molar-refractivity contribution in [1.29, 1.82) is 0 Å². The van der Waals surface area contributed by atoms with Crippen LogP contribution in [0.3, 0.4) is 0 Å². The van der Waals surface area contributed by atoms with Crippen LogP contribution in [0.15, 0.2) is 24.3 Å². The van der Waals surface area contributed by atoms with Crippen LogP contribution in [0.2, 0.25) is 0 Å². The van der Waals surface area contributed by atoms with Crippen molar-refractivity contribution in [2.75, 3.05) is 19.0 Å². The van der Waals surface area contributed by atoms with Gasteiger partial charge >= 0.3 is 6.18 Å². The Balaban J connectivity index is 2.85. The minimum absolute atomic E-state index is 0.359. The highest BCUT2D eigenvalue weighted by Crippen LogP contribution is 2.14. The van der Waals surface area contributed by atoms with E-state index >= 15 is 0 Å². The first-order valence-electron chi connectivity index (χ1n) is 4.26. The van der Waals surface area contributed by atoms with Crippen molar-refractivity contribution in [1.82, 2.24) is 0 Å². The third-order valence-corrected chi connectivity index (χ3v) is 1.73. The second-order valence-electron chi connectivity index (χ2n) is 3.19. The maximum atomic E-state index is 11.8. The summed E-state index contributed by atoms with van der Waals surface area (Å²) >= 11 is 0. The predicted molar refractivity (Wildman–Crippen MR) is 53.7 cm³/mol. The van der Waals surface area contributed by atoms with Gasteiger partial charge in [-0.05, 0) is 24.3 Å². The quantitative estimate of drug-likeness (QED) is 0.648. The van der Waals surface area contributed by atoms with Gasteiger partial charge in [-0.15, -0.1) is 0 Å². The number of hydrogen-bond acceptors (Lipinski definition) is 1. The number of nitrogens with zero attached hydrogens (tertiary/aromatic N) is 1. The minimum Gasteiger partial charge on any atom is -0.378 e. The van der Waals surface area contributed by atoms with Gasteiger partial charge in [0.25, 0.3) is 0 Å². The molecule has 0 heterocycles. The van der Waals surface area contributed by atoms with E-state index in [1.165, 1.54) is 5.92 Å². The number of rotatable bonds is 1. The molecule has 1 aromatic rings. The Hall–Kier alpha value is -1.63. The Kier molecular flexibility index (Phi) is 3.25. The second kappa shape index (κ2) is 4.26. The van der Waals surface area contributed by atoms with E-state index in [-0.39, 0.29) is 0 Å². The third kappa shape index (κ3) is 3.94. The molecule has 0 unspecified atom stereocenters. The van der Waals surface area contributed by atoms with Gasteiger partial charge in [-0.1, -0.05) is 5.92 Å². The van der Waals surface area contributed by atoms with Crippen LogP contribution in [0.1, 0.15) is 5.56 Å². The molecule has 1 nitrogen and oxygen atoms in total. The predicted octanol–water partition coefficient (Wildman–Crippen LogP) is 2.67. The molecule has 0 bridgehead atoms. The van der Waals surface area contributed by atoms with E-state index in [9.17, 15) is 13.2 Å². The van der Waals surface area contributed by atoms with E-state index in [0.29, 0.717) is 5.56 Å². The fraction of sp³-hybridized carbons (Fsp3) is 0.273. The monoisotopic (exact) mass is 213 g/mol. The number of alkyl halides is 3. The SMILES string of the molecule is CN(C)c1ccc(C#CC(F)(F)F)cc1. The fourth-order valence-corrected chi connectivity index (χ4v) is 0.986. The van der Waals surface area contributed by atoms with Gasteiger partial charge < -0.3 is 4.90 Å². The molecule has 80 valence electrons. The first-order chi connectivity index (χ1) is 6.88. The summed E-state index contributed by atoms with van der Waals surface area (Å²) in [6, 6.07) is 6.57. The van der Waals surface area contributed by atoms with E-state index in [1.54, 1.807) is 24.3 Å². The van der Waals surface area contributed by atoms with E-state index < -0.39 is 6.18 Å². The zero-order valence-electron chi connectivity index (χ0n) is 8.39. The van der Waals surface area contributed by atoms with Crippen LogP contribution in [0.4, 0.5) is 18.9 Å². The van der Waals surface area contributed by atoms with Gasteiger partial charge in [-0.25, -0.2) is 0 Å². The molecule has 1 rings (SSSR count). The molecule has 0 spiro atoms. The van der Waals surface area contributed by atoms with Gasteiger partial charge in [0.1, 0.15) is 0 Å². The minimum atomic E-state index is -4.43. The highest BCUT2D eigenvalue weighted by atomic mass is 19.4. The topological polar surface area (TPSA) is 3.24 Å². The maximum absolute atomic E-state index is 11.8. The Morgan fingerprint density at radius 1 is 1.07 bits per heavy atom. The summed E-state index contributed by atoms with van der Waals surface area (Å²) < 4.78 is 35.3. The molecule has 0 amide bonds. The lowest BCUT2D eigenvalue weighted by molar-refractivity contribution is -0.0696. The summed E-state index contributed by atoms with van der Waals surface area (Å²) in [6.07, 6.45) is -4.43. The standard InChI is InChI=1S/C11H10F3N/c1-15(2)10-5-3-9(4-6-10)7-8-11(12,13)14/h3-6H,1-2H3. The van der Waals surface area contributed by atoms with Gasteiger partial charge in [-0.3, -0.25) is 0 Å². The van der Waals surface area contributed by atoms with E-state index in [1.807, 2.05) is 19.0 Å². The van der Waals surface area contributed by atoms with Crippen molar-refractivity contribution in [3.63, 3.8) is 0 Å². The molecule has 1 aromatic carbocycles. The largest absolute Gasteiger partial charge is 0.458 e. The third-order valence-electron chi connectivity index (χ3n) is 1.73. The molecular weight excluding hydrogens is 203 g/mol. The molecule has 0 atom stereocenters. The fourth-order valence-electron chi connectivity index (χ4n) is 0.986. The average molecular weight is 213 g/mol. The van der Waals surface area contributed by atoms with Crippen molar-refractivity contribution < 1.29 is 13.2 Å². The maximum Gasteiger partial charge on any atom is 0.458 e. The van der Waals surface area contributed by atoms with Crippen LogP contribution in [0, 0.1) is 11.8 Å². The molecule has 15 heavy (non-hydrogen) atoms. The molecule has 0 fully saturated rings. The van der Waals surface area contributed by atoms with E-state index in [2.05, 4.69) is 5.92 Å². The molecule has 0 N–H and O–H groups in total. The molecule has 0 aliphatic carbocycles. The molecule has 0 saturated heterocycles. The zero-order chi connectivity index (χ0) is 11.5. The molecular formula is C11H10F3N. The summed E-state index contributed by atoms with van der Waals surface area (Å²) in [5.74, 6) is 3.28. The van der Waals surface area contributed by atoms with E-state index in [4.69, 9.17) is 0 Å². The molecule has 0 aromatic heterocycles. The lowest BCUT2D eigenvalue weighted by Gasteiger charge is -2.11. The number of anilines is 1. The zero-order valence-corrected chi connectivity index (χ0v) is 8.39. The van der Waals surface area contributed by atoms with Crippen LogP contribution < -0.4 is 4.90 Å². The highest BCUT2D eigenvalue weighted by Gasteiger charge is 2.22. The van der Waals surface area contributed by atoms with Gasteiger partial charge in [-0.2, -0.15) is 13.2 Å². The van der Waals surface area contributed by atoms with Crippen LogP contribution in [-0.2, 0) is 0 Å². The first-order valence-corrected chi connectivity index (χ1v) is 4.26. The first kappa shape index (κ1) is 11.4. The molecule has 0 aliphatic heterocycles. The number of hydrogen-bond donors (Lipinski definition) is 0. The van der Waals surface area contributed by atoms with E-state index in [0.717, 1.165) is 5.69 Å². The second-order valence-corrected chi connectivity index (χ2v) is 3.19. The summed E-state index contributed by atoms with van der Waals surface area (Å²) in [6.45, 7) is 0. The average Bonchev–Trinajstić information content (AvgIpc) is 2.14. The lowest BCUT2D eigenvalue weighted by Crippen LogP contribution is -2.08. The Labute approximate surface area is 86.5 Å². The van der Waals surface area contributed by atoms with Crippen LogP contribution >= 0.6 is 0 Å². The number of benzene rings is 1.